The fourth-order valence-electron chi connectivity index (χ4n) is 3.70. The highest BCUT2D eigenvalue weighted by molar-refractivity contribution is 7.91. The van der Waals surface area contributed by atoms with E-state index in [0.717, 1.165) is 19.0 Å². The molecular weight excluding hydrogens is 445 g/mol. The van der Waals surface area contributed by atoms with Gasteiger partial charge in [-0.15, -0.1) is 0 Å². The molecule has 0 saturated carbocycles. The van der Waals surface area contributed by atoms with E-state index in [0.29, 0.717) is 24.7 Å². The molecule has 7 nitrogen and oxygen atoms in total. The summed E-state index contributed by atoms with van der Waals surface area (Å²) in [5.41, 5.74) is -0.873. The third-order valence-corrected chi connectivity index (χ3v) is 7.20. The van der Waals surface area contributed by atoms with Gasteiger partial charge >= 0.3 is 12.1 Å². The first-order chi connectivity index (χ1) is 14.4. The summed E-state index contributed by atoms with van der Waals surface area (Å²) in [6.07, 6.45) is -2.82. The van der Waals surface area contributed by atoms with Gasteiger partial charge in [0.05, 0.1) is 28.7 Å². The van der Waals surface area contributed by atoms with E-state index < -0.39 is 27.6 Å². The Bertz CT molecular complexity index is 1280. The molecule has 0 unspecified atom stereocenters. The van der Waals surface area contributed by atoms with Crippen LogP contribution in [-0.4, -0.2) is 44.7 Å². The van der Waals surface area contributed by atoms with E-state index in [1.54, 1.807) is 4.68 Å². The summed E-state index contributed by atoms with van der Waals surface area (Å²) >= 11 is 0. The van der Waals surface area contributed by atoms with E-state index in [9.17, 15) is 30.4 Å². The number of fused-ring (bicyclic) bond motifs is 2. The molecule has 4 heterocycles. The van der Waals surface area contributed by atoms with Crippen LogP contribution in [0.5, 0.6) is 0 Å². The molecule has 168 valence electrons. The predicted molar refractivity (Wildman–Crippen MR) is 100 cm³/mol. The zero-order valence-corrected chi connectivity index (χ0v) is 17.4. The quantitative estimate of drug-likeness (QED) is 0.552. The Hall–Kier alpha value is -2.57. The predicted octanol–water partition coefficient (Wildman–Crippen LogP) is 3.62. The van der Waals surface area contributed by atoms with Gasteiger partial charge in [0, 0.05) is 13.6 Å². The van der Waals surface area contributed by atoms with Crippen molar-refractivity contribution >= 4 is 20.9 Å². The first kappa shape index (κ1) is 21.7. The molecule has 0 fully saturated rings. The molecule has 0 saturated heterocycles. The van der Waals surface area contributed by atoms with Gasteiger partial charge in [-0.2, -0.15) is 27.1 Å². The standard InChI is InChI=1S/C18H18F5N5O2S/c1-3-31(29,30)15-11-6-4-5-7-28(11)26-14(15)16-25-10-8-13(17(19,20)18(21,22)23)24-9-12(10)27(16)2/h8-9H,3-7H2,1-2H3. The summed E-state index contributed by atoms with van der Waals surface area (Å²) in [5.74, 6) is -5.27. The van der Waals surface area contributed by atoms with Crippen LogP contribution in [0.3, 0.4) is 0 Å². The number of imidazole rings is 1. The smallest absolute Gasteiger partial charge is 0.324 e. The van der Waals surface area contributed by atoms with Gasteiger partial charge < -0.3 is 4.57 Å². The second-order valence-corrected chi connectivity index (χ2v) is 9.55. The van der Waals surface area contributed by atoms with E-state index in [4.69, 9.17) is 0 Å². The van der Waals surface area contributed by atoms with Crippen molar-refractivity contribution in [1.82, 2.24) is 24.3 Å². The Morgan fingerprint density at radius 2 is 1.87 bits per heavy atom. The maximum atomic E-state index is 13.7. The maximum Gasteiger partial charge on any atom is 0.459 e. The molecule has 3 aromatic heterocycles. The lowest BCUT2D eigenvalue weighted by Gasteiger charge is -2.18. The highest BCUT2D eigenvalue weighted by atomic mass is 32.2. The second kappa shape index (κ2) is 6.97. The van der Waals surface area contributed by atoms with Crippen LogP contribution < -0.4 is 0 Å². The van der Waals surface area contributed by atoms with Crippen LogP contribution in [0.4, 0.5) is 22.0 Å². The number of halogens is 5. The first-order valence-corrected chi connectivity index (χ1v) is 11.1. The van der Waals surface area contributed by atoms with E-state index in [1.165, 1.54) is 18.5 Å². The second-order valence-electron chi connectivity index (χ2n) is 7.33. The number of hydrogen-bond donors (Lipinski definition) is 0. The van der Waals surface area contributed by atoms with Gasteiger partial charge in [0.2, 0.25) is 0 Å². The Kier molecular flexibility index (Phi) is 4.87. The molecule has 0 radical (unpaired) electrons. The number of hydrogen-bond acceptors (Lipinski definition) is 5. The number of aryl methyl sites for hydroxylation is 2. The number of rotatable bonds is 4. The average molecular weight is 463 g/mol. The van der Waals surface area contributed by atoms with E-state index in [1.807, 2.05) is 0 Å². The van der Waals surface area contributed by atoms with Gasteiger partial charge in [-0.1, -0.05) is 6.92 Å². The van der Waals surface area contributed by atoms with Crippen molar-refractivity contribution in [3.05, 3.63) is 23.7 Å². The molecule has 0 atom stereocenters. The zero-order valence-electron chi connectivity index (χ0n) is 16.5. The maximum absolute atomic E-state index is 13.7. The minimum Gasteiger partial charge on any atom is -0.324 e. The van der Waals surface area contributed by atoms with Crippen molar-refractivity contribution in [1.29, 1.82) is 0 Å². The normalized spacial score (nSPS) is 15.5. The molecule has 0 aromatic carbocycles. The summed E-state index contributed by atoms with van der Waals surface area (Å²) in [4.78, 5) is 7.49. The molecule has 13 heteroatoms. The fourth-order valence-corrected chi connectivity index (χ4v) is 4.98. The first-order valence-electron chi connectivity index (χ1n) is 9.48. The van der Waals surface area contributed by atoms with Gasteiger partial charge in [0.25, 0.3) is 0 Å². The summed E-state index contributed by atoms with van der Waals surface area (Å²) in [5, 5.41) is 4.41. The van der Waals surface area contributed by atoms with Crippen molar-refractivity contribution in [2.45, 2.75) is 49.7 Å². The van der Waals surface area contributed by atoms with Crippen molar-refractivity contribution in [3.8, 4) is 11.5 Å². The zero-order chi connectivity index (χ0) is 22.8. The van der Waals surface area contributed by atoms with E-state index in [-0.39, 0.29) is 33.2 Å². The minimum absolute atomic E-state index is 0.0295. The van der Waals surface area contributed by atoms with Crippen LogP contribution in [0, 0.1) is 0 Å². The Labute approximate surface area is 173 Å². The third-order valence-electron chi connectivity index (χ3n) is 5.39. The molecule has 0 spiro atoms. The monoisotopic (exact) mass is 463 g/mol. The fraction of sp³-hybridized carbons (Fsp3) is 0.500. The number of pyridine rings is 1. The highest BCUT2D eigenvalue weighted by Crippen LogP contribution is 2.43. The van der Waals surface area contributed by atoms with Crippen LogP contribution in [0.1, 0.15) is 31.2 Å². The minimum atomic E-state index is -5.81. The van der Waals surface area contributed by atoms with Crippen LogP contribution in [0.25, 0.3) is 22.6 Å². The van der Waals surface area contributed by atoms with Crippen molar-refractivity contribution in [3.63, 3.8) is 0 Å². The van der Waals surface area contributed by atoms with E-state index >= 15 is 0 Å². The lowest BCUT2D eigenvalue weighted by atomic mass is 10.1. The highest BCUT2D eigenvalue weighted by Gasteiger charge is 2.60. The number of aromatic nitrogens is 5. The topological polar surface area (TPSA) is 82.7 Å². The van der Waals surface area contributed by atoms with Crippen molar-refractivity contribution < 1.29 is 30.4 Å². The molecule has 1 aliphatic heterocycles. The van der Waals surface area contributed by atoms with Gasteiger partial charge in [-0.25, -0.2) is 13.4 Å². The summed E-state index contributed by atoms with van der Waals surface area (Å²) in [6, 6.07) is 0.566. The van der Waals surface area contributed by atoms with Gasteiger partial charge in [0.1, 0.15) is 16.3 Å². The Morgan fingerprint density at radius 3 is 2.52 bits per heavy atom. The van der Waals surface area contributed by atoms with Crippen molar-refractivity contribution in [2.24, 2.45) is 7.05 Å². The average Bonchev–Trinajstić information content (AvgIpc) is 3.25. The van der Waals surface area contributed by atoms with Gasteiger partial charge in [-0.3, -0.25) is 9.67 Å². The summed E-state index contributed by atoms with van der Waals surface area (Å²) < 4.78 is 94.3. The molecule has 0 amide bonds. The van der Waals surface area contributed by atoms with Crippen molar-refractivity contribution in [2.75, 3.05) is 5.75 Å². The van der Waals surface area contributed by atoms with Gasteiger partial charge in [0.15, 0.2) is 15.7 Å². The number of nitrogens with zero attached hydrogens (tertiary/aromatic N) is 5. The molecular formula is C18H18F5N5O2S. The van der Waals surface area contributed by atoms with Crippen LogP contribution >= 0.6 is 0 Å². The largest absolute Gasteiger partial charge is 0.459 e. The van der Waals surface area contributed by atoms with Crippen LogP contribution in [0.2, 0.25) is 0 Å². The molecule has 3 aromatic rings. The number of alkyl halides is 5. The van der Waals surface area contributed by atoms with Gasteiger partial charge in [-0.05, 0) is 25.3 Å². The molecule has 4 rings (SSSR count). The molecule has 0 bridgehead atoms. The Morgan fingerprint density at radius 1 is 1.16 bits per heavy atom. The summed E-state index contributed by atoms with van der Waals surface area (Å²) in [7, 11) is -2.21. The molecule has 0 N–H and O–H groups in total. The molecule has 31 heavy (non-hydrogen) atoms. The molecule has 0 aliphatic carbocycles. The SMILES string of the molecule is CCS(=O)(=O)c1c(-c2nc3cc(C(F)(F)C(F)(F)F)ncc3n2C)nn2c1CCCC2. The van der Waals surface area contributed by atoms with Crippen LogP contribution in [0.15, 0.2) is 17.2 Å². The van der Waals surface area contributed by atoms with E-state index in [2.05, 4.69) is 15.1 Å². The number of sulfone groups is 1. The summed E-state index contributed by atoms with van der Waals surface area (Å²) in [6.45, 7) is 2.02. The lowest BCUT2D eigenvalue weighted by molar-refractivity contribution is -0.290. The lowest BCUT2D eigenvalue weighted by Crippen LogP contribution is -2.34. The molecule has 1 aliphatic rings. The van der Waals surface area contributed by atoms with Crippen LogP contribution in [-0.2, 0) is 35.8 Å². The Balaban J connectivity index is 1.94. The third kappa shape index (κ3) is 3.29.